The summed E-state index contributed by atoms with van der Waals surface area (Å²) in [5.74, 6) is 0.777. The molecule has 0 saturated carbocycles. The molecule has 0 bridgehead atoms. The Kier molecular flexibility index (Phi) is 6.41. The largest absolute Gasteiger partial charge is 0.382 e. The Balaban J connectivity index is 1.39. The molecular formula is C25H29N7. The lowest BCUT2D eigenvalue weighted by atomic mass is 9.90. The predicted molar refractivity (Wildman–Crippen MR) is 129 cm³/mol. The quantitative estimate of drug-likeness (QED) is 0.313. The van der Waals surface area contributed by atoms with Crippen LogP contribution >= 0.6 is 0 Å². The number of benzene rings is 2. The molecule has 7 heteroatoms. The Morgan fingerprint density at radius 2 is 1.97 bits per heavy atom. The van der Waals surface area contributed by atoms with Crippen molar-refractivity contribution in [3.63, 3.8) is 0 Å². The van der Waals surface area contributed by atoms with E-state index in [4.69, 9.17) is 11.5 Å². The van der Waals surface area contributed by atoms with Gasteiger partial charge in [-0.05, 0) is 74.8 Å². The van der Waals surface area contributed by atoms with Gasteiger partial charge in [0.05, 0.1) is 11.4 Å². The first-order chi connectivity index (χ1) is 15.6. The number of aliphatic imine (C=N–C) groups is 1. The van der Waals surface area contributed by atoms with Crippen molar-refractivity contribution in [1.29, 1.82) is 5.26 Å². The third-order valence-corrected chi connectivity index (χ3v) is 5.90. The number of anilines is 2. The summed E-state index contributed by atoms with van der Waals surface area (Å²) in [5, 5.41) is 17.4. The van der Waals surface area contributed by atoms with E-state index in [9.17, 15) is 5.26 Å². The van der Waals surface area contributed by atoms with E-state index < -0.39 is 0 Å². The summed E-state index contributed by atoms with van der Waals surface area (Å²) < 4.78 is 1.63. The van der Waals surface area contributed by atoms with E-state index in [-0.39, 0.29) is 0 Å². The molecule has 2 aromatic carbocycles. The van der Waals surface area contributed by atoms with E-state index in [1.807, 2.05) is 31.2 Å². The molecule has 1 aliphatic carbocycles. The molecule has 5 N–H and O–H groups in total. The van der Waals surface area contributed by atoms with Crippen molar-refractivity contribution in [3.05, 3.63) is 70.4 Å². The molecule has 1 aromatic heterocycles. The summed E-state index contributed by atoms with van der Waals surface area (Å²) >= 11 is 0. The number of aryl methyl sites for hydroxylation is 3. The first-order valence-electron chi connectivity index (χ1n) is 11.1. The van der Waals surface area contributed by atoms with E-state index in [2.05, 4.69) is 39.7 Å². The lowest BCUT2D eigenvalue weighted by Gasteiger charge is -2.19. The van der Waals surface area contributed by atoms with Gasteiger partial charge in [-0.15, -0.1) is 0 Å². The Morgan fingerprint density at radius 3 is 2.75 bits per heavy atom. The van der Waals surface area contributed by atoms with Gasteiger partial charge in [-0.3, -0.25) is 4.99 Å². The number of aromatic nitrogens is 2. The van der Waals surface area contributed by atoms with Crippen LogP contribution in [0.4, 0.5) is 11.5 Å². The highest BCUT2D eigenvalue weighted by molar-refractivity contribution is 5.93. The fraction of sp³-hybridized carbons (Fsp3) is 0.320. The molecule has 32 heavy (non-hydrogen) atoms. The van der Waals surface area contributed by atoms with Gasteiger partial charge in [-0.2, -0.15) is 10.4 Å². The van der Waals surface area contributed by atoms with Crippen molar-refractivity contribution in [2.24, 2.45) is 10.7 Å². The topological polar surface area (TPSA) is 118 Å². The van der Waals surface area contributed by atoms with Crippen LogP contribution in [0.15, 0.2) is 47.5 Å². The monoisotopic (exact) mass is 427 g/mol. The lowest BCUT2D eigenvalue weighted by molar-refractivity contribution is 0.687. The number of hydrogen-bond acceptors (Lipinski definition) is 4. The fourth-order valence-corrected chi connectivity index (χ4v) is 4.18. The zero-order valence-electron chi connectivity index (χ0n) is 18.4. The van der Waals surface area contributed by atoms with Gasteiger partial charge in [0.2, 0.25) is 0 Å². The first-order valence-corrected chi connectivity index (χ1v) is 11.1. The molecule has 3 aromatic rings. The highest BCUT2D eigenvalue weighted by Gasteiger charge is 2.16. The molecule has 0 aliphatic heterocycles. The van der Waals surface area contributed by atoms with Crippen molar-refractivity contribution in [1.82, 2.24) is 9.78 Å². The lowest BCUT2D eigenvalue weighted by Crippen LogP contribution is -2.24. The first kappa shape index (κ1) is 21.4. The van der Waals surface area contributed by atoms with E-state index in [0.717, 1.165) is 29.8 Å². The number of nitrogen functional groups attached to an aromatic ring is 1. The third-order valence-electron chi connectivity index (χ3n) is 5.90. The molecule has 0 saturated heterocycles. The summed E-state index contributed by atoms with van der Waals surface area (Å²) in [6.45, 7) is 2.56. The van der Waals surface area contributed by atoms with Crippen LogP contribution in [-0.2, 0) is 19.3 Å². The third kappa shape index (κ3) is 4.59. The molecule has 0 radical (unpaired) electrons. The van der Waals surface area contributed by atoms with Gasteiger partial charge in [-0.1, -0.05) is 29.8 Å². The SMILES string of the molecule is Cc1ccc(-n2nc(CCCN=C(N)Nc3cccc4c3CCCC4)c(C#N)c2N)cc1. The standard InChI is InChI=1S/C25H29N7/c1-17-11-13-19(14-12-17)32-24(27)21(16-26)23(31-32)10-5-15-29-25(28)30-22-9-4-7-18-6-2-3-8-20(18)22/h4,7,9,11-14H,2-3,5-6,8,10,15,27H2,1H3,(H3,28,29,30). The molecule has 1 aliphatic rings. The summed E-state index contributed by atoms with van der Waals surface area (Å²) in [5.41, 5.74) is 19.3. The highest BCUT2D eigenvalue weighted by Crippen LogP contribution is 2.27. The van der Waals surface area contributed by atoms with Crippen molar-refractivity contribution in [2.75, 3.05) is 17.6 Å². The van der Waals surface area contributed by atoms with Crippen molar-refractivity contribution >= 4 is 17.5 Å². The zero-order chi connectivity index (χ0) is 22.5. The van der Waals surface area contributed by atoms with Crippen molar-refractivity contribution in [2.45, 2.75) is 45.4 Å². The number of hydrogen-bond donors (Lipinski definition) is 3. The van der Waals surface area contributed by atoms with Gasteiger partial charge < -0.3 is 16.8 Å². The van der Waals surface area contributed by atoms with Gasteiger partial charge in [0.25, 0.3) is 0 Å². The van der Waals surface area contributed by atoms with Crippen molar-refractivity contribution < 1.29 is 0 Å². The van der Waals surface area contributed by atoms with E-state index >= 15 is 0 Å². The van der Waals surface area contributed by atoms with Crippen LogP contribution in [-0.4, -0.2) is 22.3 Å². The molecule has 0 unspecified atom stereocenters. The fourth-order valence-electron chi connectivity index (χ4n) is 4.18. The Bertz CT molecular complexity index is 1170. The average Bonchev–Trinajstić information content (AvgIpc) is 3.12. The van der Waals surface area contributed by atoms with Gasteiger partial charge in [0.15, 0.2) is 5.96 Å². The maximum absolute atomic E-state index is 9.57. The van der Waals surface area contributed by atoms with E-state index in [1.54, 1.807) is 4.68 Å². The second-order valence-corrected chi connectivity index (χ2v) is 8.21. The van der Waals surface area contributed by atoms with Gasteiger partial charge >= 0.3 is 0 Å². The van der Waals surface area contributed by atoms with Gasteiger partial charge in [0, 0.05) is 12.2 Å². The summed E-state index contributed by atoms with van der Waals surface area (Å²) in [7, 11) is 0. The van der Waals surface area contributed by atoms with Crippen LogP contribution in [0, 0.1) is 18.3 Å². The number of nitriles is 1. The molecule has 0 amide bonds. The van der Waals surface area contributed by atoms with Gasteiger partial charge in [-0.25, -0.2) is 4.68 Å². The van der Waals surface area contributed by atoms with Crippen LogP contribution in [0.1, 0.15) is 47.2 Å². The molecule has 4 rings (SSSR count). The number of nitrogens with one attached hydrogen (secondary N) is 1. The van der Waals surface area contributed by atoms with Crippen LogP contribution in [0.2, 0.25) is 0 Å². The van der Waals surface area contributed by atoms with Crippen LogP contribution in [0.5, 0.6) is 0 Å². The second-order valence-electron chi connectivity index (χ2n) is 8.21. The molecule has 0 fully saturated rings. The molecule has 1 heterocycles. The summed E-state index contributed by atoms with van der Waals surface area (Å²) in [6.07, 6.45) is 5.98. The average molecular weight is 428 g/mol. The molecule has 0 spiro atoms. The summed E-state index contributed by atoms with van der Waals surface area (Å²) in [4.78, 5) is 4.47. The van der Waals surface area contributed by atoms with Gasteiger partial charge in [0.1, 0.15) is 17.5 Å². The van der Waals surface area contributed by atoms with E-state index in [1.165, 1.54) is 24.0 Å². The number of nitrogens with two attached hydrogens (primary N) is 2. The minimum atomic E-state index is 0.366. The van der Waals surface area contributed by atoms with Crippen molar-refractivity contribution in [3.8, 4) is 11.8 Å². The smallest absolute Gasteiger partial charge is 0.193 e. The minimum absolute atomic E-state index is 0.366. The highest BCUT2D eigenvalue weighted by atomic mass is 15.3. The molecule has 7 nitrogen and oxygen atoms in total. The Morgan fingerprint density at radius 1 is 1.19 bits per heavy atom. The van der Waals surface area contributed by atoms with Crippen LogP contribution < -0.4 is 16.8 Å². The number of rotatable bonds is 6. The number of guanidine groups is 1. The Labute approximate surface area is 188 Å². The number of nitrogens with zero attached hydrogens (tertiary/aromatic N) is 4. The molecule has 164 valence electrons. The predicted octanol–water partition coefficient (Wildman–Crippen LogP) is 3.87. The molecule has 0 atom stereocenters. The normalized spacial score (nSPS) is 13.4. The number of fused-ring (bicyclic) bond motifs is 1. The maximum atomic E-state index is 9.57. The molecular weight excluding hydrogens is 398 g/mol. The second kappa shape index (κ2) is 9.56. The summed E-state index contributed by atoms with van der Waals surface area (Å²) in [6, 6.07) is 16.4. The minimum Gasteiger partial charge on any atom is -0.382 e. The maximum Gasteiger partial charge on any atom is 0.193 e. The van der Waals surface area contributed by atoms with E-state index in [0.29, 0.717) is 42.4 Å². The van der Waals surface area contributed by atoms with Crippen LogP contribution in [0.25, 0.3) is 5.69 Å². The zero-order valence-corrected chi connectivity index (χ0v) is 18.4. The van der Waals surface area contributed by atoms with Crippen LogP contribution in [0.3, 0.4) is 0 Å². The Hall–Kier alpha value is -3.79.